The van der Waals surface area contributed by atoms with Gasteiger partial charge in [0, 0.05) is 18.6 Å². The Balaban J connectivity index is 2.04. The van der Waals surface area contributed by atoms with Gasteiger partial charge >= 0.3 is 5.97 Å². The van der Waals surface area contributed by atoms with Gasteiger partial charge in [-0.15, -0.1) is 0 Å². The Morgan fingerprint density at radius 2 is 1.85 bits per heavy atom. The van der Waals surface area contributed by atoms with E-state index in [0.717, 1.165) is 31.2 Å². The number of carboxylic acids is 1. The number of hydrogen-bond donors (Lipinski definition) is 3. The van der Waals surface area contributed by atoms with Gasteiger partial charge in [0.1, 0.15) is 6.04 Å². The maximum absolute atomic E-state index is 11.4. The molecule has 1 aliphatic carbocycles. The van der Waals surface area contributed by atoms with Crippen LogP contribution < -0.4 is 5.32 Å². The molecule has 0 amide bonds. The highest BCUT2D eigenvalue weighted by Gasteiger charge is 2.33. The van der Waals surface area contributed by atoms with Crippen molar-refractivity contribution in [2.75, 3.05) is 13.2 Å². The van der Waals surface area contributed by atoms with Crippen LogP contribution in [-0.2, 0) is 4.79 Å². The van der Waals surface area contributed by atoms with Crippen LogP contribution in [0, 0.1) is 5.41 Å². The van der Waals surface area contributed by atoms with Crippen molar-refractivity contribution >= 4 is 5.97 Å². The first-order valence-corrected chi connectivity index (χ1v) is 7.29. The van der Waals surface area contributed by atoms with Gasteiger partial charge in [-0.1, -0.05) is 49.6 Å². The molecule has 1 aliphatic rings. The Hall–Kier alpha value is -1.39. The fraction of sp³-hybridized carbons (Fsp3) is 0.562. The summed E-state index contributed by atoms with van der Waals surface area (Å²) in [5, 5.41) is 22.2. The summed E-state index contributed by atoms with van der Waals surface area (Å²) in [6.07, 6.45) is 5.38. The molecule has 0 saturated heterocycles. The van der Waals surface area contributed by atoms with Crippen molar-refractivity contribution in [1.82, 2.24) is 5.32 Å². The number of aliphatic hydroxyl groups is 1. The molecule has 1 aromatic rings. The fourth-order valence-corrected chi connectivity index (χ4v) is 3.00. The van der Waals surface area contributed by atoms with Gasteiger partial charge in [-0.05, 0) is 18.4 Å². The molecule has 0 spiro atoms. The first-order valence-electron chi connectivity index (χ1n) is 7.29. The van der Waals surface area contributed by atoms with Crippen LogP contribution in [0.3, 0.4) is 0 Å². The number of carboxylic acid groups (broad SMARTS) is 1. The standard InChI is InChI=1S/C16H23NO3/c18-12-16(9-5-2-6-10-16)11-17-14(15(19)20)13-7-3-1-4-8-13/h1,3-4,7-8,14,17-18H,2,5-6,9-12H2,(H,19,20). The van der Waals surface area contributed by atoms with Crippen molar-refractivity contribution < 1.29 is 15.0 Å². The molecule has 110 valence electrons. The lowest BCUT2D eigenvalue weighted by atomic mass is 9.74. The molecule has 1 saturated carbocycles. The van der Waals surface area contributed by atoms with Crippen molar-refractivity contribution in [2.45, 2.75) is 38.1 Å². The minimum absolute atomic E-state index is 0.126. The lowest BCUT2D eigenvalue weighted by molar-refractivity contribution is -0.139. The van der Waals surface area contributed by atoms with Gasteiger partial charge in [-0.25, -0.2) is 0 Å². The number of carbonyl (C=O) groups is 1. The highest BCUT2D eigenvalue weighted by Crippen LogP contribution is 2.35. The smallest absolute Gasteiger partial charge is 0.325 e. The Morgan fingerprint density at radius 1 is 1.20 bits per heavy atom. The van der Waals surface area contributed by atoms with Crippen molar-refractivity contribution in [3.8, 4) is 0 Å². The number of hydrogen-bond acceptors (Lipinski definition) is 3. The molecule has 4 nitrogen and oxygen atoms in total. The van der Waals surface area contributed by atoms with Crippen LogP contribution in [0.15, 0.2) is 30.3 Å². The van der Waals surface area contributed by atoms with Crippen LogP contribution in [0.25, 0.3) is 0 Å². The van der Waals surface area contributed by atoms with Crippen LogP contribution in [0.4, 0.5) is 0 Å². The van der Waals surface area contributed by atoms with Crippen LogP contribution >= 0.6 is 0 Å². The molecule has 1 aromatic carbocycles. The van der Waals surface area contributed by atoms with E-state index in [1.807, 2.05) is 30.3 Å². The summed E-state index contributed by atoms with van der Waals surface area (Å²) in [6, 6.07) is 8.49. The van der Waals surface area contributed by atoms with Gasteiger partial charge in [0.2, 0.25) is 0 Å². The van der Waals surface area contributed by atoms with Crippen molar-refractivity contribution in [3.63, 3.8) is 0 Å². The average molecular weight is 277 g/mol. The van der Waals surface area contributed by atoms with Gasteiger partial charge in [0.15, 0.2) is 0 Å². The third-order valence-corrected chi connectivity index (χ3v) is 4.31. The summed E-state index contributed by atoms with van der Waals surface area (Å²) < 4.78 is 0. The van der Waals surface area contributed by atoms with Crippen LogP contribution in [0.1, 0.15) is 43.7 Å². The Bertz CT molecular complexity index is 427. The summed E-state index contributed by atoms with van der Waals surface area (Å²) in [7, 11) is 0. The average Bonchev–Trinajstić information content (AvgIpc) is 2.49. The molecule has 0 bridgehead atoms. The fourth-order valence-electron chi connectivity index (χ4n) is 3.00. The quantitative estimate of drug-likeness (QED) is 0.746. The van der Waals surface area contributed by atoms with Crippen LogP contribution in [0.2, 0.25) is 0 Å². The van der Waals surface area contributed by atoms with Crippen LogP contribution in [-0.4, -0.2) is 29.3 Å². The molecule has 0 aromatic heterocycles. The molecule has 4 heteroatoms. The Labute approximate surface area is 119 Å². The van der Waals surface area contributed by atoms with Gasteiger partial charge in [-0.2, -0.15) is 0 Å². The summed E-state index contributed by atoms with van der Waals surface area (Å²) in [4.78, 5) is 11.4. The topological polar surface area (TPSA) is 69.6 Å². The lowest BCUT2D eigenvalue weighted by Crippen LogP contribution is -2.42. The first kappa shape index (κ1) is 15.0. The predicted molar refractivity (Wildman–Crippen MR) is 77.4 cm³/mol. The predicted octanol–water partition coefficient (Wildman–Crippen LogP) is 2.34. The summed E-state index contributed by atoms with van der Waals surface area (Å²) >= 11 is 0. The van der Waals surface area contributed by atoms with E-state index in [-0.39, 0.29) is 12.0 Å². The zero-order valence-electron chi connectivity index (χ0n) is 11.7. The first-order chi connectivity index (χ1) is 9.67. The summed E-state index contributed by atoms with van der Waals surface area (Å²) in [6.45, 7) is 0.677. The van der Waals surface area contributed by atoms with Crippen molar-refractivity contribution in [1.29, 1.82) is 0 Å². The second-order valence-electron chi connectivity index (χ2n) is 5.78. The van der Waals surface area contributed by atoms with E-state index in [9.17, 15) is 15.0 Å². The Kier molecular flexibility index (Phi) is 5.15. The van der Waals surface area contributed by atoms with E-state index in [1.165, 1.54) is 6.42 Å². The highest BCUT2D eigenvalue weighted by atomic mass is 16.4. The van der Waals surface area contributed by atoms with Crippen molar-refractivity contribution in [3.05, 3.63) is 35.9 Å². The summed E-state index contributed by atoms with van der Waals surface area (Å²) in [5.41, 5.74) is 0.602. The Morgan fingerprint density at radius 3 is 2.40 bits per heavy atom. The lowest BCUT2D eigenvalue weighted by Gasteiger charge is -2.36. The monoisotopic (exact) mass is 277 g/mol. The molecule has 1 unspecified atom stereocenters. The molecule has 1 fully saturated rings. The maximum Gasteiger partial charge on any atom is 0.325 e. The molecule has 20 heavy (non-hydrogen) atoms. The van der Waals surface area contributed by atoms with Gasteiger partial charge < -0.3 is 15.5 Å². The second-order valence-corrected chi connectivity index (χ2v) is 5.78. The molecule has 0 aliphatic heterocycles. The number of nitrogens with one attached hydrogen (secondary N) is 1. The molecule has 3 N–H and O–H groups in total. The number of aliphatic hydroxyl groups excluding tert-OH is 1. The van der Waals surface area contributed by atoms with E-state index in [4.69, 9.17) is 0 Å². The van der Waals surface area contributed by atoms with E-state index < -0.39 is 12.0 Å². The third kappa shape index (κ3) is 3.58. The SMILES string of the molecule is O=C(O)C(NCC1(CO)CCCCC1)c1ccccc1. The zero-order chi connectivity index (χ0) is 14.4. The minimum atomic E-state index is -0.875. The number of rotatable bonds is 6. The molecular formula is C16H23NO3. The van der Waals surface area contributed by atoms with Gasteiger partial charge in [0.25, 0.3) is 0 Å². The number of benzene rings is 1. The third-order valence-electron chi connectivity index (χ3n) is 4.31. The zero-order valence-corrected chi connectivity index (χ0v) is 11.7. The molecule has 0 heterocycles. The van der Waals surface area contributed by atoms with E-state index in [1.54, 1.807) is 0 Å². The molecular weight excluding hydrogens is 254 g/mol. The molecule has 1 atom stereocenters. The van der Waals surface area contributed by atoms with E-state index >= 15 is 0 Å². The van der Waals surface area contributed by atoms with Gasteiger partial charge in [0.05, 0.1) is 0 Å². The van der Waals surface area contributed by atoms with Crippen molar-refractivity contribution in [2.24, 2.45) is 5.41 Å². The van der Waals surface area contributed by atoms with Crippen LogP contribution in [0.5, 0.6) is 0 Å². The minimum Gasteiger partial charge on any atom is -0.480 e. The van der Waals surface area contributed by atoms with E-state index in [0.29, 0.717) is 6.54 Å². The van der Waals surface area contributed by atoms with Gasteiger partial charge in [-0.3, -0.25) is 4.79 Å². The molecule has 0 radical (unpaired) electrons. The molecule has 2 rings (SSSR count). The summed E-state index contributed by atoms with van der Waals surface area (Å²) in [5.74, 6) is -0.875. The van der Waals surface area contributed by atoms with E-state index in [2.05, 4.69) is 5.32 Å². The second kappa shape index (κ2) is 6.86. The maximum atomic E-state index is 11.4. The number of aliphatic carboxylic acids is 1. The highest BCUT2D eigenvalue weighted by molar-refractivity contribution is 5.75. The normalized spacial score (nSPS) is 19.4. The largest absolute Gasteiger partial charge is 0.480 e.